The Balaban J connectivity index is 0.00000392. The van der Waals surface area contributed by atoms with E-state index in [4.69, 9.17) is 10.5 Å². The minimum Gasteiger partial charge on any atom is -0.492 e. The number of unbranched alkanes of at least 4 members (excludes halogenated alkanes) is 12. The number of ether oxygens (including phenoxy) is 1. The Morgan fingerprint density at radius 3 is 1.89 bits per heavy atom. The Kier molecular flexibility index (Phi) is 13.7. The van der Waals surface area contributed by atoms with E-state index in [0.717, 1.165) is 18.6 Å². The monoisotopic (exact) mass is 409 g/mol. The number of hydrogen-bond donors (Lipinski definition) is 1. The first-order valence-electron chi connectivity index (χ1n) is 11.7. The Bertz CT molecular complexity index is 501. The van der Waals surface area contributed by atoms with Gasteiger partial charge in [0.25, 0.3) is 0 Å². The van der Waals surface area contributed by atoms with E-state index in [1.807, 2.05) is 0 Å². The zero-order chi connectivity index (χ0) is 19.2. The normalized spacial score (nSPS) is 14.5. The molecule has 0 atom stereocenters. The Labute approximate surface area is 180 Å². The highest BCUT2D eigenvalue weighted by Crippen LogP contribution is 2.32. The van der Waals surface area contributed by atoms with Crippen LogP contribution in [-0.2, 0) is 6.42 Å². The zero-order valence-electron chi connectivity index (χ0n) is 18.2. The first kappa shape index (κ1) is 25.3. The van der Waals surface area contributed by atoms with Crippen molar-refractivity contribution in [2.75, 3.05) is 6.61 Å². The number of rotatable bonds is 17. The van der Waals surface area contributed by atoms with Crippen molar-refractivity contribution >= 4 is 12.4 Å². The molecule has 162 valence electrons. The third-order valence-electron chi connectivity index (χ3n) is 5.89. The van der Waals surface area contributed by atoms with E-state index in [1.54, 1.807) is 0 Å². The second-order valence-electron chi connectivity index (χ2n) is 8.79. The number of halogens is 1. The molecule has 0 aliphatic heterocycles. The van der Waals surface area contributed by atoms with Crippen molar-refractivity contribution in [3.8, 4) is 5.75 Å². The van der Waals surface area contributed by atoms with E-state index in [-0.39, 0.29) is 17.9 Å². The minimum absolute atomic E-state index is 0. The topological polar surface area (TPSA) is 35.2 Å². The summed E-state index contributed by atoms with van der Waals surface area (Å²) in [5.74, 6) is 0.985. The predicted molar refractivity (Wildman–Crippen MR) is 125 cm³/mol. The van der Waals surface area contributed by atoms with Crippen molar-refractivity contribution in [3.05, 3.63) is 29.8 Å². The van der Waals surface area contributed by atoms with Crippen molar-refractivity contribution in [2.24, 2.45) is 5.73 Å². The second-order valence-corrected chi connectivity index (χ2v) is 8.79. The summed E-state index contributed by atoms with van der Waals surface area (Å²) in [4.78, 5) is 0. The number of hydrogen-bond acceptors (Lipinski definition) is 2. The van der Waals surface area contributed by atoms with E-state index in [0.29, 0.717) is 6.61 Å². The van der Waals surface area contributed by atoms with Gasteiger partial charge in [-0.3, -0.25) is 0 Å². The quantitative estimate of drug-likeness (QED) is 0.268. The molecule has 0 amide bonds. The fourth-order valence-corrected chi connectivity index (χ4v) is 3.67. The molecule has 2 rings (SSSR count). The van der Waals surface area contributed by atoms with Crippen LogP contribution in [0, 0.1) is 0 Å². The summed E-state index contributed by atoms with van der Waals surface area (Å²) < 4.78 is 5.87. The van der Waals surface area contributed by atoms with Crippen LogP contribution in [-0.4, -0.2) is 12.1 Å². The molecule has 1 fully saturated rings. The van der Waals surface area contributed by atoms with E-state index < -0.39 is 0 Å². The summed E-state index contributed by atoms with van der Waals surface area (Å²) in [5.41, 5.74) is 7.46. The highest BCUT2D eigenvalue weighted by atomic mass is 35.5. The van der Waals surface area contributed by atoms with Gasteiger partial charge in [0, 0.05) is 0 Å². The highest BCUT2D eigenvalue weighted by molar-refractivity contribution is 5.85. The van der Waals surface area contributed by atoms with Crippen molar-refractivity contribution in [3.63, 3.8) is 0 Å². The van der Waals surface area contributed by atoms with Crippen LogP contribution < -0.4 is 10.5 Å². The molecule has 1 aliphatic rings. The fraction of sp³-hybridized carbons (Fsp3) is 0.760. The lowest BCUT2D eigenvalue weighted by Gasteiger charge is -2.12. The molecule has 0 heterocycles. The van der Waals surface area contributed by atoms with Gasteiger partial charge in [-0.2, -0.15) is 0 Å². The first-order chi connectivity index (χ1) is 13.2. The standard InChI is InChI=1S/C25H43NO.ClH/c1-2-3-4-5-6-7-8-9-10-11-12-13-14-16-23-17-15-18-24(21-23)27-22-25(26)19-20-25;/h15,17-18,21H,2-14,16,19-20,22,26H2,1H3;1H. The lowest BCUT2D eigenvalue weighted by molar-refractivity contribution is 0.279. The molecule has 0 radical (unpaired) electrons. The maximum atomic E-state index is 6.10. The predicted octanol–water partition coefficient (Wildman–Crippen LogP) is 7.61. The van der Waals surface area contributed by atoms with Gasteiger partial charge in [-0.05, 0) is 43.4 Å². The maximum absolute atomic E-state index is 6.10. The van der Waals surface area contributed by atoms with Gasteiger partial charge in [0.05, 0.1) is 5.54 Å². The van der Waals surface area contributed by atoms with Gasteiger partial charge in [0.2, 0.25) is 0 Å². The summed E-state index contributed by atoms with van der Waals surface area (Å²) in [6.45, 7) is 2.95. The third kappa shape index (κ3) is 12.0. The summed E-state index contributed by atoms with van der Waals surface area (Å²) in [6, 6.07) is 8.59. The van der Waals surface area contributed by atoms with E-state index >= 15 is 0 Å². The Morgan fingerprint density at radius 1 is 0.821 bits per heavy atom. The van der Waals surface area contributed by atoms with Crippen LogP contribution in [0.15, 0.2) is 24.3 Å². The molecule has 1 aliphatic carbocycles. The number of benzene rings is 1. The summed E-state index contributed by atoms with van der Waals surface area (Å²) in [6.07, 6.45) is 21.7. The smallest absolute Gasteiger partial charge is 0.119 e. The van der Waals surface area contributed by atoms with Crippen LogP contribution in [0.4, 0.5) is 0 Å². The molecule has 0 bridgehead atoms. The van der Waals surface area contributed by atoms with Gasteiger partial charge < -0.3 is 10.5 Å². The average molecular weight is 410 g/mol. The minimum atomic E-state index is -0.0366. The van der Waals surface area contributed by atoms with Gasteiger partial charge >= 0.3 is 0 Å². The summed E-state index contributed by atoms with van der Waals surface area (Å²) in [7, 11) is 0. The van der Waals surface area contributed by atoms with Crippen LogP contribution in [0.3, 0.4) is 0 Å². The molecule has 3 heteroatoms. The first-order valence-corrected chi connectivity index (χ1v) is 11.7. The molecule has 2 nitrogen and oxygen atoms in total. The summed E-state index contributed by atoms with van der Waals surface area (Å²) >= 11 is 0. The number of nitrogens with two attached hydrogens (primary N) is 1. The van der Waals surface area contributed by atoms with Gasteiger partial charge in [0.1, 0.15) is 12.4 Å². The van der Waals surface area contributed by atoms with Crippen LogP contribution in [0.5, 0.6) is 5.75 Å². The molecule has 0 aromatic heterocycles. The Morgan fingerprint density at radius 2 is 1.36 bits per heavy atom. The van der Waals surface area contributed by atoms with E-state index in [2.05, 4.69) is 31.2 Å². The number of aryl methyl sites for hydroxylation is 1. The van der Waals surface area contributed by atoms with Crippen LogP contribution in [0.2, 0.25) is 0 Å². The molecule has 1 aromatic rings. The summed E-state index contributed by atoms with van der Waals surface area (Å²) in [5, 5.41) is 0. The molecule has 0 unspecified atom stereocenters. The molecule has 1 aromatic carbocycles. The van der Waals surface area contributed by atoms with Gasteiger partial charge in [0.15, 0.2) is 0 Å². The molecular formula is C25H44ClNO. The maximum Gasteiger partial charge on any atom is 0.119 e. The lowest BCUT2D eigenvalue weighted by Crippen LogP contribution is -2.29. The van der Waals surface area contributed by atoms with Gasteiger partial charge in [-0.1, -0.05) is 96.1 Å². The second kappa shape index (κ2) is 15.2. The van der Waals surface area contributed by atoms with E-state index in [1.165, 1.54) is 95.5 Å². The Hall–Kier alpha value is -0.730. The van der Waals surface area contributed by atoms with Crippen molar-refractivity contribution in [2.45, 2.75) is 115 Å². The van der Waals surface area contributed by atoms with Crippen LogP contribution >= 0.6 is 12.4 Å². The van der Waals surface area contributed by atoms with Gasteiger partial charge in [-0.15, -0.1) is 12.4 Å². The van der Waals surface area contributed by atoms with Gasteiger partial charge in [-0.25, -0.2) is 0 Å². The largest absolute Gasteiger partial charge is 0.492 e. The van der Waals surface area contributed by atoms with E-state index in [9.17, 15) is 0 Å². The van der Waals surface area contributed by atoms with Crippen LogP contribution in [0.25, 0.3) is 0 Å². The van der Waals surface area contributed by atoms with Crippen molar-refractivity contribution in [1.82, 2.24) is 0 Å². The fourth-order valence-electron chi connectivity index (χ4n) is 3.67. The average Bonchev–Trinajstić information content (AvgIpc) is 3.42. The van der Waals surface area contributed by atoms with Crippen molar-refractivity contribution < 1.29 is 4.74 Å². The molecule has 0 saturated heterocycles. The third-order valence-corrected chi connectivity index (χ3v) is 5.89. The molecule has 28 heavy (non-hydrogen) atoms. The highest BCUT2D eigenvalue weighted by Gasteiger charge is 2.39. The van der Waals surface area contributed by atoms with Crippen molar-refractivity contribution in [1.29, 1.82) is 0 Å². The molecule has 1 saturated carbocycles. The lowest BCUT2D eigenvalue weighted by atomic mass is 10.0. The molecular weight excluding hydrogens is 366 g/mol. The molecule has 2 N–H and O–H groups in total. The molecule has 0 spiro atoms. The zero-order valence-corrected chi connectivity index (χ0v) is 19.0. The SMILES string of the molecule is CCCCCCCCCCCCCCCc1cccc(OCC2(N)CC2)c1.Cl. The van der Waals surface area contributed by atoms with Crippen LogP contribution in [0.1, 0.15) is 109 Å².